The Kier molecular flexibility index (Phi) is 3.56. The summed E-state index contributed by atoms with van der Waals surface area (Å²) in [5.74, 6) is 0.457. The summed E-state index contributed by atoms with van der Waals surface area (Å²) in [4.78, 5) is 12.0. The second-order valence-electron chi connectivity index (χ2n) is 5.09. The van der Waals surface area contributed by atoms with E-state index in [1.54, 1.807) is 0 Å². The summed E-state index contributed by atoms with van der Waals surface area (Å²) < 4.78 is 1.88. The quantitative estimate of drug-likeness (QED) is 0.774. The number of Topliss-reactive ketones (excluding diaryl/α,β-unsaturated/α-hetero) is 1. The normalized spacial score (nSPS) is 19.8. The van der Waals surface area contributed by atoms with Gasteiger partial charge in [-0.05, 0) is 0 Å². The van der Waals surface area contributed by atoms with Gasteiger partial charge in [0.1, 0.15) is 0 Å². The first-order chi connectivity index (χ1) is 7.98. The Balaban J connectivity index is 2.24. The summed E-state index contributed by atoms with van der Waals surface area (Å²) in [5, 5.41) is 10.0. The van der Waals surface area contributed by atoms with E-state index in [1.807, 2.05) is 44.2 Å². The number of rotatable bonds is 2. The number of carbonyl (C=O) groups excluding carboxylic acids is 1. The number of benzene rings is 1. The summed E-state index contributed by atoms with van der Waals surface area (Å²) >= 11 is -0.537. The molecule has 1 N–H and O–H groups in total. The fourth-order valence-corrected chi connectivity index (χ4v) is 4.35. The van der Waals surface area contributed by atoms with Gasteiger partial charge in [-0.3, -0.25) is 0 Å². The van der Waals surface area contributed by atoms with Crippen molar-refractivity contribution in [2.24, 2.45) is 5.41 Å². The van der Waals surface area contributed by atoms with Crippen LogP contribution in [0.5, 0.6) is 0 Å². The fraction of sp³-hybridized carbons (Fsp3) is 0.357. The summed E-state index contributed by atoms with van der Waals surface area (Å²) in [5.41, 5.74) is -0.0922. The maximum absolute atomic E-state index is 12.0. The number of allylic oxidation sites excluding steroid dienone is 2. The second kappa shape index (κ2) is 4.80. The first-order valence-electron chi connectivity index (χ1n) is 5.63. The van der Waals surface area contributed by atoms with Gasteiger partial charge in [-0.2, -0.15) is 0 Å². The molecule has 0 heterocycles. The van der Waals surface area contributed by atoms with E-state index in [9.17, 15) is 9.90 Å². The number of carbonyl (C=O) groups is 1. The number of hydrogen-bond acceptors (Lipinski definition) is 2. The molecule has 0 aromatic heterocycles. The zero-order valence-electron chi connectivity index (χ0n) is 10.0. The summed E-state index contributed by atoms with van der Waals surface area (Å²) in [6, 6.07) is 9.97. The molecule has 0 spiro atoms. The van der Waals surface area contributed by atoms with E-state index in [2.05, 4.69) is 0 Å². The zero-order chi connectivity index (χ0) is 12.5. The van der Waals surface area contributed by atoms with Crippen LogP contribution in [0.3, 0.4) is 0 Å². The third-order valence-corrected chi connectivity index (χ3v) is 5.83. The Hall–Kier alpha value is -0.840. The van der Waals surface area contributed by atoms with Crippen molar-refractivity contribution in [2.75, 3.05) is 0 Å². The zero-order valence-corrected chi connectivity index (χ0v) is 12.2. The molecule has 1 aliphatic carbocycles. The molecule has 0 saturated heterocycles. The van der Waals surface area contributed by atoms with Gasteiger partial charge in [0.25, 0.3) is 0 Å². The molecule has 2 nitrogen and oxygen atoms in total. The molecule has 0 fully saturated rings. The van der Waals surface area contributed by atoms with E-state index in [4.69, 9.17) is 0 Å². The van der Waals surface area contributed by atoms with Crippen LogP contribution in [0.15, 0.2) is 39.7 Å². The molecular formula is C14H16IO2-. The Bertz CT molecular complexity index is 460. The molecule has 0 saturated carbocycles. The molecule has 0 aliphatic heterocycles. The van der Waals surface area contributed by atoms with Crippen LogP contribution in [-0.4, -0.2) is 10.9 Å². The van der Waals surface area contributed by atoms with Crippen LogP contribution >= 0.6 is 0 Å². The van der Waals surface area contributed by atoms with Crippen LogP contribution in [0.2, 0.25) is 0 Å². The third-order valence-electron chi connectivity index (χ3n) is 2.72. The number of ketones is 1. The molecule has 0 unspecified atom stereocenters. The van der Waals surface area contributed by atoms with E-state index >= 15 is 0 Å². The van der Waals surface area contributed by atoms with Gasteiger partial charge >= 0.3 is 112 Å². The van der Waals surface area contributed by atoms with Crippen molar-refractivity contribution in [1.29, 1.82) is 0 Å². The maximum atomic E-state index is 12.0. The third kappa shape index (κ3) is 3.09. The molecule has 0 bridgehead atoms. The van der Waals surface area contributed by atoms with Gasteiger partial charge in [0.15, 0.2) is 0 Å². The molecule has 17 heavy (non-hydrogen) atoms. The molecule has 0 atom stereocenters. The van der Waals surface area contributed by atoms with Crippen molar-refractivity contribution in [3.63, 3.8) is 0 Å². The Morgan fingerprint density at radius 1 is 1.18 bits per heavy atom. The Morgan fingerprint density at radius 2 is 1.82 bits per heavy atom. The number of halogens is 1. The molecule has 2 rings (SSSR count). The van der Waals surface area contributed by atoms with Crippen molar-refractivity contribution >= 4 is 5.78 Å². The van der Waals surface area contributed by atoms with Crippen LogP contribution < -0.4 is 21.2 Å². The predicted octanol–water partition coefficient (Wildman–Crippen LogP) is 0.104. The van der Waals surface area contributed by atoms with Gasteiger partial charge in [-0.25, -0.2) is 0 Å². The average Bonchev–Trinajstić information content (AvgIpc) is 2.24. The SMILES string of the molecule is CC1(C)CC(=O)C([I-]c2ccccc2)=C(O)C1. The van der Waals surface area contributed by atoms with E-state index < -0.39 is 21.2 Å². The van der Waals surface area contributed by atoms with E-state index in [0.717, 1.165) is 0 Å². The van der Waals surface area contributed by atoms with Gasteiger partial charge in [0.05, 0.1) is 0 Å². The first-order valence-corrected chi connectivity index (χ1v) is 7.79. The van der Waals surface area contributed by atoms with Crippen LogP contribution in [0.25, 0.3) is 0 Å². The molecule has 0 amide bonds. The molecular weight excluding hydrogens is 327 g/mol. The van der Waals surface area contributed by atoms with Gasteiger partial charge in [-0.15, -0.1) is 0 Å². The second-order valence-corrected chi connectivity index (χ2v) is 7.96. The number of aliphatic hydroxyl groups excluding tert-OH is 1. The van der Waals surface area contributed by atoms with Crippen molar-refractivity contribution < 1.29 is 31.1 Å². The average molecular weight is 343 g/mol. The summed E-state index contributed by atoms with van der Waals surface area (Å²) in [7, 11) is 0. The van der Waals surface area contributed by atoms with E-state index in [1.165, 1.54) is 3.57 Å². The Morgan fingerprint density at radius 3 is 2.41 bits per heavy atom. The van der Waals surface area contributed by atoms with Crippen molar-refractivity contribution in [1.82, 2.24) is 0 Å². The topological polar surface area (TPSA) is 37.3 Å². The molecule has 3 heteroatoms. The molecule has 92 valence electrons. The van der Waals surface area contributed by atoms with Crippen LogP contribution in [-0.2, 0) is 4.79 Å². The minimum atomic E-state index is -0.537. The molecule has 1 aliphatic rings. The minimum absolute atomic E-state index is 0.0922. The van der Waals surface area contributed by atoms with Gasteiger partial charge < -0.3 is 0 Å². The standard InChI is InChI=1S/C14H16IO2/c1-14(2)8-11(16)13(12(17)9-14)15-10-6-4-3-5-7-10/h3-7,16H,8-9H2,1-2H3/q-1. The number of aliphatic hydroxyl groups is 1. The van der Waals surface area contributed by atoms with Gasteiger partial charge in [-0.1, -0.05) is 0 Å². The van der Waals surface area contributed by atoms with Crippen molar-refractivity contribution in [3.8, 4) is 0 Å². The van der Waals surface area contributed by atoms with Crippen LogP contribution in [0.4, 0.5) is 0 Å². The van der Waals surface area contributed by atoms with Crippen molar-refractivity contribution in [3.05, 3.63) is 43.2 Å². The molecule has 0 radical (unpaired) electrons. The van der Waals surface area contributed by atoms with E-state index in [-0.39, 0.29) is 11.2 Å². The molecule has 1 aromatic carbocycles. The monoisotopic (exact) mass is 343 g/mol. The number of hydrogen-bond donors (Lipinski definition) is 1. The van der Waals surface area contributed by atoms with Crippen molar-refractivity contribution in [2.45, 2.75) is 26.7 Å². The summed E-state index contributed by atoms with van der Waals surface area (Å²) in [6.45, 7) is 4.05. The predicted molar refractivity (Wildman–Crippen MR) is 62.8 cm³/mol. The molecule has 1 aromatic rings. The van der Waals surface area contributed by atoms with Gasteiger partial charge in [0, 0.05) is 0 Å². The van der Waals surface area contributed by atoms with Gasteiger partial charge in [0.2, 0.25) is 0 Å². The van der Waals surface area contributed by atoms with Crippen LogP contribution in [0.1, 0.15) is 26.7 Å². The van der Waals surface area contributed by atoms with E-state index in [0.29, 0.717) is 22.2 Å². The summed E-state index contributed by atoms with van der Waals surface area (Å²) in [6.07, 6.45) is 1.18. The Labute approximate surface area is 112 Å². The first kappa shape index (κ1) is 12.6. The fourth-order valence-electron chi connectivity index (χ4n) is 1.96. The van der Waals surface area contributed by atoms with Crippen LogP contribution in [0, 0.1) is 8.99 Å².